The summed E-state index contributed by atoms with van der Waals surface area (Å²) in [7, 11) is 0. The van der Waals surface area contributed by atoms with Crippen molar-refractivity contribution in [3.63, 3.8) is 0 Å². The van der Waals surface area contributed by atoms with Crippen molar-refractivity contribution >= 4 is 34.8 Å². The summed E-state index contributed by atoms with van der Waals surface area (Å²) in [4.78, 5) is 39.5. The van der Waals surface area contributed by atoms with Crippen molar-refractivity contribution in [2.45, 2.75) is 20.3 Å². The van der Waals surface area contributed by atoms with Crippen molar-refractivity contribution in [1.82, 2.24) is 0 Å². The highest BCUT2D eigenvalue weighted by Crippen LogP contribution is 2.27. The molecular weight excluding hydrogens is 402 g/mol. The van der Waals surface area contributed by atoms with Crippen molar-refractivity contribution < 1.29 is 14.4 Å². The van der Waals surface area contributed by atoms with Crippen LogP contribution in [-0.4, -0.2) is 24.3 Å². The molecule has 32 heavy (non-hydrogen) atoms. The minimum atomic E-state index is -0.450. The van der Waals surface area contributed by atoms with Gasteiger partial charge in [0.05, 0.1) is 5.92 Å². The lowest BCUT2D eigenvalue weighted by Crippen LogP contribution is -2.28. The van der Waals surface area contributed by atoms with E-state index in [9.17, 15) is 14.4 Å². The van der Waals surface area contributed by atoms with Crippen molar-refractivity contribution in [2.24, 2.45) is 5.92 Å². The minimum absolute atomic E-state index is 0.134. The van der Waals surface area contributed by atoms with Crippen LogP contribution in [-0.2, 0) is 9.59 Å². The van der Waals surface area contributed by atoms with Gasteiger partial charge in [-0.3, -0.25) is 14.4 Å². The highest BCUT2D eigenvalue weighted by Gasteiger charge is 2.35. The molecule has 1 unspecified atom stereocenters. The van der Waals surface area contributed by atoms with Crippen molar-refractivity contribution in [2.75, 3.05) is 22.1 Å². The van der Waals surface area contributed by atoms with E-state index in [1.165, 1.54) is 0 Å². The molecule has 1 aliphatic heterocycles. The van der Waals surface area contributed by atoms with Crippen LogP contribution in [0.4, 0.5) is 17.1 Å². The summed E-state index contributed by atoms with van der Waals surface area (Å²) < 4.78 is 0. The van der Waals surface area contributed by atoms with Crippen LogP contribution in [0, 0.1) is 19.8 Å². The van der Waals surface area contributed by atoms with Gasteiger partial charge in [0.15, 0.2) is 0 Å². The number of aryl methyl sites for hydroxylation is 2. The van der Waals surface area contributed by atoms with E-state index in [1.54, 1.807) is 29.2 Å². The zero-order valence-corrected chi connectivity index (χ0v) is 18.1. The third-order valence-electron chi connectivity index (χ3n) is 5.54. The minimum Gasteiger partial charge on any atom is -0.326 e. The third-order valence-corrected chi connectivity index (χ3v) is 5.54. The van der Waals surface area contributed by atoms with Gasteiger partial charge in [-0.15, -0.1) is 0 Å². The molecule has 1 atom stereocenters. The summed E-state index contributed by atoms with van der Waals surface area (Å²) >= 11 is 0. The number of anilines is 3. The first kappa shape index (κ1) is 21.3. The molecule has 6 heteroatoms. The number of carbonyl (C=O) groups is 3. The second-order valence-corrected chi connectivity index (χ2v) is 8.13. The first-order valence-corrected chi connectivity index (χ1v) is 10.5. The Morgan fingerprint density at radius 1 is 0.844 bits per heavy atom. The predicted molar refractivity (Wildman–Crippen MR) is 126 cm³/mol. The Kier molecular flexibility index (Phi) is 6.03. The number of rotatable bonds is 5. The molecular formula is C26H25N3O3. The first-order valence-electron chi connectivity index (χ1n) is 10.5. The van der Waals surface area contributed by atoms with Crippen LogP contribution >= 0.6 is 0 Å². The highest BCUT2D eigenvalue weighted by atomic mass is 16.2. The normalized spacial score (nSPS) is 15.5. The van der Waals surface area contributed by atoms with Crippen LogP contribution in [0.1, 0.15) is 27.9 Å². The quantitative estimate of drug-likeness (QED) is 0.627. The lowest BCUT2D eigenvalue weighted by atomic mass is 10.1. The van der Waals surface area contributed by atoms with E-state index < -0.39 is 5.92 Å². The molecule has 0 saturated carbocycles. The number of benzene rings is 3. The van der Waals surface area contributed by atoms with Crippen molar-refractivity contribution in [3.05, 3.63) is 89.5 Å². The highest BCUT2D eigenvalue weighted by molar-refractivity contribution is 6.07. The molecule has 1 fully saturated rings. The summed E-state index contributed by atoms with van der Waals surface area (Å²) in [5, 5.41) is 5.75. The molecule has 3 aromatic rings. The van der Waals surface area contributed by atoms with Crippen LogP contribution in [0.15, 0.2) is 72.8 Å². The van der Waals surface area contributed by atoms with E-state index in [4.69, 9.17) is 0 Å². The number of nitrogens with zero attached hydrogens (tertiary/aromatic N) is 1. The maximum absolute atomic E-state index is 12.7. The Morgan fingerprint density at radius 3 is 2.06 bits per heavy atom. The standard InChI is InChI=1S/C26H25N3O3/c1-17-6-10-21(11-7-17)27-25(31)19-4-3-5-23(14-19)29-16-20(15-24(29)30)26(32)28-22-12-8-18(2)9-13-22/h3-14,20H,15-16H2,1-2H3,(H,27,31)(H,28,32). The molecule has 162 valence electrons. The molecule has 0 radical (unpaired) electrons. The van der Waals surface area contributed by atoms with E-state index in [0.717, 1.165) is 11.1 Å². The molecule has 0 spiro atoms. The Balaban J connectivity index is 1.43. The van der Waals surface area contributed by atoms with Crippen LogP contribution in [0.3, 0.4) is 0 Å². The summed E-state index contributed by atoms with van der Waals surface area (Å²) in [5.41, 5.74) is 4.69. The SMILES string of the molecule is Cc1ccc(NC(=O)c2cccc(N3CC(C(=O)Nc4ccc(C)cc4)CC3=O)c2)cc1. The molecule has 0 aromatic heterocycles. The molecule has 4 rings (SSSR count). The van der Waals surface area contributed by atoms with Crippen molar-refractivity contribution in [3.8, 4) is 0 Å². The van der Waals surface area contributed by atoms with Gasteiger partial charge in [0.2, 0.25) is 11.8 Å². The smallest absolute Gasteiger partial charge is 0.255 e. The largest absolute Gasteiger partial charge is 0.326 e. The monoisotopic (exact) mass is 427 g/mol. The Labute approximate surface area is 187 Å². The average Bonchev–Trinajstić information content (AvgIpc) is 3.19. The van der Waals surface area contributed by atoms with Crippen LogP contribution < -0.4 is 15.5 Å². The summed E-state index contributed by atoms with van der Waals surface area (Å²) in [5.74, 6) is -1.02. The second kappa shape index (κ2) is 9.06. The molecule has 2 N–H and O–H groups in total. The second-order valence-electron chi connectivity index (χ2n) is 8.13. The Hall–Kier alpha value is -3.93. The first-order chi connectivity index (χ1) is 15.4. The molecule has 0 aliphatic carbocycles. The van der Waals surface area contributed by atoms with Gasteiger partial charge in [-0.05, 0) is 56.3 Å². The van der Waals surface area contributed by atoms with E-state index in [-0.39, 0.29) is 30.7 Å². The van der Waals surface area contributed by atoms with Gasteiger partial charge in [-0.1, -0.05) is 41.5 Å². The fourth-order valence-corrected chi connectivity index (χ4v) is 3.67. The molecule has 6 nitrogen and oxygen atoms in total. The Morgan fingerprint density at radius 2 is 1.44 bits per heavy atom. The molecule has 1 heterocycles. The topological polar surface area (TPSA) is 78.5 Å². The van der Waals surface area contributed by atoms with E-state index in [2.05, 4.69) is 10.6 Å². The lowest BCUT2D eigenvalue weighted by Gasteiger charge is -2.18. The van der Waals surface area contributed by atoms with E-state index in [1.807, 2.05) is 62.4 Å². The van der Waals surface area contributed by atoms with Crippen LogP contribution in [0.5, 0.6) is 0 Å². The van der Waals surface area contributed by atoms with Gasteiger partial charge in [0, 0.05) is 35.6 Å². The van der Waals surface area contributed by atoms with Gasteiger partial charge in [-0.25, -0.2) is 0 Å². The van der Waals surface area contributed by atoms with E-state index in [0.29, 0.717) is 22.6 Å². The third kappa shape index (κ3) is 4.86. The maximum atomic E-state index is 12.7. The van der Waals surface area contributed by atoms with Gasteiger partial charge >= 0.3 is 0 Å². The molecule has 3 aromatic carbocycles. The number of hydrogen-bond acceptors (Lipinski definition) is 3. The van der Waals surface area contributed by atoms with Gasteiger partial charge in [0.25, 0.3) is 5.91 Å². The van der Waals surface area contributed by atoms with Gasteiger partial charge in [0.1, 0.15) is 0 Å². The number of carbonyl (C=O) groups excluding carboxylic acids is 3. The molecule has 0 bridgehead atoms. The summed E-state index contributed by atoms with van der Waals surface area (Å²) in [6.07, 6.45) is 0.136. The number of amides is 3. The molecule has 3 amide bonds. The van der Waals surface area contributed by atoms with Gasteiger partial charge in [-0.2, -0.15) is 0 Å². The summed E-state index contributed by atoms with van der Waals surface area (Å²) in [6, 6.07) is 22.0. The summed E-state index contributed by atoms with van der Waals surface area (Å²) in [6.45, 7) is 4.24. The Bertz CT molecular complexity index is 1150. The van der Waals surface area contributed by atoms with Gasteiger partial charge < -0.3 is 15.5 Å². The average molecular weight is 428 g/mol. The zero-order chi connectivity index (χ0) is 22.7. The number of hydrogen-bond donors (Lipinski definition) is 2. The molecule has 1 aliphatic rings. The number of nitrogens with one attached hydrogen (secondary N) is 2. The van der Waals surface area contributed by atoms with Crippen LogP contribution in [0.25, 0.3) is 0 Å². The lowest BCUT2D eigenvalue weighted by molar-refractivity contribution is -0.122. The van der Waals surface area contributed by atoms with E-state index >= 15 is 0 Å². The predicted octanol–water partition coefficient (Wildman–Crippen LogP) is 4.55. The fourth-order valence-electron chi connectivity index (χ4n) is 3.67. The van der Waals surface area contributed by atoms with Crippen molar-refractivity contribution in [1.29, 1.82) is 0 Å². The molecule has 1 saturated heterocycles. The van der Waals surface area contributed by atoms with Crippen LogP contribution in [0.2, 0.25) is 0 Å². The fraction of sp³-hybridized carbons (Fsp3) is 0.192. The maximum Gasteiger partial charge on any atom is 0.255 e. The zero-order valence-electron chi connectivity index (χ0n) is 18.1.